The van der Waals surface area contributed by atoms with Crippen LogP contribution in [0.5, 0.6) is 0 Å². The SMILES string of the molecule is O=C(O)[C@@H]1CCCCN1C(=O)[C@@H]1CCCCN1. The number of carbonyl (C=O) groups is 2. The molecule has 2 atom stereocenters. The van der Waals surface area contributed by atoms with Gasteiger partial charge in [0.25, 0.3) is 0 Å². The number of amides is 1. The van der Waals surface area contributed by atoms with E-state index in [1.54, 1.807) is 4.90 Å². The van der Waals surface area contributed by atoms with Crippen molar-refractivity contribution in [2.24, 2.45) is 0 Å². The molecule has 0 bridgehead atoms. The summed E-state index contributed by atoms with van der Waals surface area (Å²) in [7, 11) is 0. The van der Waals surface area contributed by atoms with Gasteiger partial charge in [-0.3, -0.25) is 4.79 Å². The average Bonchev–Trinajstić information content (AvgIpc) is 2.39. The van der Waals surface area contributed by atoms with Gasteiger partial charge >= 0.3 is 5.97 Å². The highest BCUT2D eigenvalue weighted by Gasteiger charge is 2.35. The molecule has 2 aliphatic heterocycles. The van der Waals surface area contributed by atoms with Gasteiger partial charge in [-0.05, 0) is 38.6 Å². The molecule has 2 aliphatic rings. The topological polar surface area (TPSA) is 69.6 Å². The lowest BCUT2D eigenvalue weighted by Crippen LogP contribution is -2.55. The first kappa shape index (κ1) is 12.4. The lowest BCUT2D eigenvalue weighted by molar-refractivity contribution is -0.153. The van der Waals surface area contributed by atoms with E-state index in [1.165, 1.54) is 0 Å². The van der Waals surface area contributed by atoms with Crippen molar-refractivity contribution in [1.82, 2.24) is 10.2 Å². The Morgan fingerprint density at radius 3 is 2.53 bits per heavy atom. The lowest BCUT2D eigenvalue weighted by Gasteiger charge is -2.36. The van der Waals surface area contributed by atoms with Gasteiger partial charge in [0.1, 0.15) is 6.04 Å². The van der Waals surface area contributed by atoms with Crippen LogP contribution in [-0.2, 0) is 9.59 Å². The van der Waals surface area contributed by atoms with Crippen molar-refractivity contribution in [2.45, 2.75) is 50.6 Å². The Morgan fingerprint density at radius 1 is 1.12 bits per heavy atom. The van der Waals surface area contributed by atoms with Crippen LogP contribution in [0.15, 0.2) is 0 Å². The third kappa shape index (κ3) is 2.77. The summed E-state index contributed by atoms with van der Waals surface area (Å²) in [6.45, 7) is 1.45. The lowest BCUT2D eigenvalue weighted by atomic mass is 9.98. The second-order valence-corrected chi connectivity index (χ2v) is 4.88. The number of likely N-dealkylation sites (tertiary alicyclic amines) is 1. The Kier molecular flexibility index (Phi) is 3.99. The van der Waals surface area contributed by atoms with Crippen LogP contribution in [0.4, 0.5) is 0 Å². The van der Waals surface area contributed by atoms with Crippen molar-refractivity contribution in [3.05, 3.63) is 0 Å². The highest BCUT2D eigenvalue weighted by atomic mass is 16.4. The van der Waals surface area contributed by atoms with Gasteiger partial charge < -0.3 is 15.3 Å². The van der Waals surface area contributed by atoms with E-state index in [0.717, 1.165) is 38.6 Å². The van der Waals surface area contributed by atoms with E-state index in [-0.39, 0.29) is 11.9 Å². The first-order valence-corrected chi connectivity index (χ1v) is 6.47. The summed E-state index contributed by atoms with van der Waals surface area (Å²) in [5, 5.41) is 12.3. The predicted octanol–water partition coefficient (Wildman–Crippen LogP) is 0.594. The van der Waals surface area contributed by atoms with Gasteiger partial charge in [0.05, 0.1) is 6.04 Å². The van der Waals surface area contributed by atoms with Crippen LogP contribution in [-0.4, -0.2) is 47.1 Å². The molecule has 5 nitrogen and oxygen atoms in total. The molecule has 2 rings (SSSR count). The van der Waals surface area contributed by atoms with Crippen LogP contribution in [0.2, 0.25) is 0 Å². The number of nitrogens with zero attached hydrogens (tertiary/aromatic N) is 1. The van der Waals surface area contributed by atoms with Crippen LogP contribution in [0.25, 0.3) is 0 Å². The number of carboxylic acids is 1. The Balaban J connectivity index is 2.02. The quantitative estimate of drug-likeness (QED) is 0.741. The summed E-state index contributed by atoms with van der Waals surface area (Å²) in [4.78, 5) is 25.0. The van der Waals surface area contributed by atoms with Gasteiger partial charge in [-0.1, -0.05) is 6.42 Å². The normalized spacial score (nSPS) is 30.0. The average molecular weight is 240 g/mol. The summed E-state index contributed by atoms with van der Waals surface area (Å²) >= 11 is 0. The van der Waals surface area contributed by atoms with E-state index in [0.29, 0.717) is 13.0 Å². The molecular formula is C12H20N2O3. The highest BCUT2D eigenvalue weighted by Crippen LogP contribution is 2.20. The molecule has 2 saturated heterocycles. The maximum atomic E-state index is 12.3. The van der Waals surface area contributed by atoms with Crippen molar-refractivity contribution >= 4 is 11.9 Å². The molecule has 0 unspecified atom stereocenters. The minimum absolute atomic E-state index is 0.0169. The maximum Gasteiger partial charge on any atom is 0.326 e. The second kappa shape index (κ2) is 5.49. The Hall–Kier alpha value is -1.10. The van der Waals surface area contributed by atoms with Gasteiger partial charge in [-0.15, -0.1) is 0 Å². The summed E-state index contributed by atoms with van der Waals surface area (Å²) < 4.78 is 0. The number of carbonyl (C=O) groups excluding carboxylic acids is 1. The molecule has 0 aliphatic carbocycles. The van der Waals surface area contributed by atoms with E-state index in [9.17, 15) is 9.59 Å². The van der Waals surface area contributed by atoms with Crippen LogP contribution in [0.3, 0.4) is 0 Å². The maximum absolute atomic E-state index is 12.3. The third-order valence-corrected chi connectivity index (χ3v) is 3.68. The number of aliphatic carboxylic acids is 1. The van der Waals surface area contributed by atoms with Crippen molar-refractivity contribution in [3.8, 4) is 0 Å². The fourth-order valence-electron chi connectivity index (χ4n) is 2.71. The molecule has 0 aromatic rings. The molecule has 0 spiro atoms. The largest absolute Gasteiger partial charge is 0.480 e. The van der Waals surface area contributed by atoms with E-state index < -0.39 is 12.0 Å². The Bertz CT molecular complexity index is 300. The number of piperidine rings is 2. The molecule has 2 fully saturated rings. The summed E-state index contributed by atoms with van der Waals surface area (Å²) in [5.41, 5.74) is 0. The van der Waals surface area contributed by atoms with Crippen LogP contribution in [0.1, 0.15) is 38.5 Å². The molecule has 1 amide bonds. The molecule has 2 N–H and O–H groups in total. The minimum Gasteiger partial charge on any atom is -0.480 e. The Morgan fingerprint density at radius 2 is 1.88 bits per heavy atom. The van der Waals surface area contributed by atoms with Crippen LogP contribution in [0, 0.1) is 0 Å². The zero-order chi connectivity index (χ0) is 12.3. The molecule has 0 saturated carbocycles. The summed E-state index contributed by atoms with van der Waals surface area (Å²) in [6.07, 6.45) is 5.40. The van der Waals surface area contributed by atoms with Crippen molar-refractivity contribution in [2.75, 3.05) is 13.1 Å². The zero-order valence-electron chi connectivity index (χ0n) is 10.0. The zero-order valence-corrected chi connectivity index (χ0v) is 10.0. The van der Waals surface area contributed by atoms with Crippen molar-refractivity contribution < 1.29 is 14.7 Å². The first-order chi connectivity index (χ1) is 8.20. The molecule has 17 heavy (non-hydrogen) atoms. The minimum atomic E-state index is -0.867. The first-order valence-electron chi connectivity index (χ1n) is 6.47. The molecule has 2 heterocycles. The third-order valence-electron chi connectivity index (χ3n) is 3.68. The van der Waals surface area contributed by atoms with E-state index >= 15 is 0 Å². The van der Waals surface area contributed by atoms with Crippen LogP contribution < -0.4 is 5.32 Å². The number of rotatable bonds is 2. The standard InChI is InChI=1S/C12H20N2O3/c15-11(9-5-1-3-7-13-9)14-8-4-2-6-10(14)12(16)17/h9-10,13H,1-8H2,(H,16,17)/t9-,10-/m0/s1. The number of carboxylic acid groups (broad SMARTS) is 1. The van der Waals surface area contributed by atoms with Gasteiger partial charge in [0.2, 0.25) is 5.91 Å². The van der Waals surface area contributed by atoms with Gasteiger partial charge in [0, 0.05) is 6.54 Å². The van der Waals surface area contributed by atoms with Gasteiger partial charge in [-0.2, -0.15) is 0 Å². The van der Waals surface area contributed by atoms with Gasteiger partial charge in [-0.25, -0.2) is 4.79 Å². The predicted molar refractivity (Wildman–Crippen MR) is 62.6 cm³/mol. The van der Waals surface area contributed by atoms with Gasteiger partial charge in [0.15, 0.2) is 0 Å². The summed E-state index contributed by atoms with van der Waals surface area (Å²) in [6, 6.07) is -0.774. The van der Waals surface area contributed by atoms with E-state index in [4.69, 9.17) is 5.11 Å². The van der Waals surface area contributed by atoms with E-state index in [1.807, 2.05) is 0 Å². The smallest absolute Gasteiger partial charge is 0.326 e. The number of hydrogen-bond acceptors (Lipinski definition) is 3. The molecular weight excluding hydrogens is 220 g/mol. The highest BCUT2D eigenvalue weighted by molar-refractivity contribution is 5.87. The molecule has 96 valence electrons. The second-order valence-electron chi connectivity index (χ2n) is 4.88. The van der Waals surface area contributed by atoms with E-state index in [2.05, 4.69) is 5.32 Å². The van der Waals surface area contributed by atoms with Crippen molar-refractivity contribution in [1.29, 1.82) is 0 Å². The Labute approximate surface area is 101 Å². The number of hydrogen-bond donors (Lipinski definition) is 2. The fourth-order valence-corrected chi connectivity index (χ4v) is 2.71. The molecule has 0 aromatic heterocycles. The van der Waals surface area contributed by atoms with Crippen molar-refractivity contribution in [3.63, 3.8) is 0 Å². The van der Waals surface area contributed by atoms with Crippen LogP contribution >= 0.6 is 0 Å². The summed E-state index contributed by atoms with van der Waals surface area (Å²) in [5.74, 6) is -0.884. The molecule has 0 aromatic carbocycles. The monoisotopic (exact) mass is 240 g/mol. The number of nitrogens with one attached hydrogen (secondary N) is 1. The molecule has 5 heteroatoms. The fraction of sp³-hybridized carbons (Fsp3) is 0.833. The molecule has 0 radical (unpaired) electrons.